The van der Waals surface area contributed by atoms with Crippen LogP contribution < -0.4 is 10.2 Å². The lowest BCUT2D eigenvalue weighted by Crippen LogP contribution is -2.31. The molecular formula is C13H19N3O3S. The largest absolute Gasteiger partial charge is 0.357 e. The van der Waals surface area contributed by atoms with E-state index in [1.807, 2.05) is 6.07 Å². The number of hydrogen-bond acceptors (Lipinski definition) is 5. The predicted octanol–water partition coefficient (Wildman–Crippen LogP) is 1.05. The molecule has 1 fully saturated rings. The molecule has 2 rings (SSSR count). The summed E-state index contributed by atoms with van der Waals surface area (Å²) in [5, 5.41) is 1.50. The lowest BCUT2D eigenvalue weighted by atomic mass is 10.3. The highest BCUT2D eigenvalue weighted by Crippen LogP contribution is 2.19. The van der Waals surface area contributed by atoms with E-state index in [1.165, 1.54) is 19.8 Å². The summed E-state index contributed by atoms with van der Waals surface area (Å²) in [5.41, 5.74) is 0.508. The molecule has 0 saturated carbocycles. The van der Waals surface area contributed by atoms with Gasteiger partial charge in [-0.05, 0) is 31.9 Å². The van der Waals surface area contributed by atoms with Gasteiger partial charge >= 0.3 is 0 Å². The Bertz CT molecular complexity index is 577. The molecule has 1 N–H and O–H groups in total. The molecule has 1 saturated heterocycles. The van der Waals surface area contributed by atoms with Crippen LogP contribution in [0, 0.1) is 0 Å². The van der Waals surface area contributed by atoms with Gasteiger partial charge in [0.2, 0.25) is 5.91 Å². The van der Waals surface area contributed by atoms with Gasteiger partial charge in [0, 0.05) is 19.3 Å². The van der Waals surface area contributed by atoms with Crippen LogP contribution in [-0.2, 0) is 14.6 Å². The van der Waals surface area contributed by atoms with Crippen molar-refractivity contribution in [1.29, 1.82) is 0 Å². The number of sulfone groups is 1. The van der Waals surface area contributed by atoms with Crippen molar-refractivity contribution < 1.29 is 13.2 Å². The topological polar surface area (TPSA) is 79.4 Å². The zero-order valence-electron chi connectivity index (χ0n) is 11.7. The van der Waals surface area contributed by atoms with E-state index in [0.29, 0.717) is 5.69 Å². The monoisotopic (exact) mass is 297 g/mol. The molecule has 0 spiro atoms. The van der Waals surface area contributed by atoms with Gasteiger partial charge in [-0.1, -0.05) is 0 Å². The van der Waals surface area contributed by atoms with Crippen molar-refractivity contribution in [2.24, 2.45) is 0 Å². The Morgan fingerprint density at radius 1 is 1.35 bits per heavy atom. The van der Waals surface area contributed by atoms with Crippen LogP contribution in [0.15, 0.2) is 18.3 Å². The van der Waals surface area contributed by atoms with Crippen LogP contribution in [0.1, 0.15) is 19.8 Å². The molecule has 2 heterocycles. The summed E-state index contributed by atoms with van der Waals surface area (Å²) in [4.78, 5) is 18.3. The fourth-order valence-corrected chi connectivity index (χ4v) is 2.48. The van der Waals surface area contributed by atoms with Crippen LogP contribution in [0.3, 0.4) is 0 Å². The maximum Gasteiger partial charge on any atom is 0.242 e. The Morgan fingerprint density at radius 3 is 2.50 bits per heavy atom. The Kier molecular flexibility index (Phi) is 4.27. The molecule has 1 unspecified atom stereocenters. The van der Waals surface area contributed by atoms with Crippen LogP contribution in [-0.4, -0.2) is 43.9 Å². The third-order valence-electron chi connectivity index (χ3n) is 3.46. The lowest BCUT2D eigenvalue weighted by molar-refractivity contribution is -0.115. The summed E-state index contributed by atoms with van der Waals surface area (Å²) in [6, 6.07) is 3.58. The Morgan fingerprint density at radius 2 is 2.00 bits per heavy atom. The molecule has 1 aliphatic rings. The number of aromatic nitrogens is 1. The van der Waals surface area contributed by atoms with Crippen LogP contribution in [0.25, 0.3) is 0 Å². The molecule has 110 valence electrons. The number of hydrogen-bond donors (Lipinski definition) is 1. The number of pyridine rings is 1. The first kappa shape index (κ1) is 14.8. The van der Waals surface area contributed by atoms with E-state index in [-0.39, 0.29) is 0 Å². The first-order valence-corrected chi connectivity index (χ1v) is 8.54. The third-order valence-corrected chi connectivity index (χ3v) is 4.96. The smallest absolute Gasteiger partial charge is 0.242 e. The molecular weight excluding hydrogens is 278 g/mol. The first-order chi connectivity index (χ1) is 9.38. The van der Waals surface area contributed by atoms with Crippen molar-refractivity contribution in [3.05, 3.63) is 18.3 Å². The van der Waals surface area contributed by atoms with Crippen molar-refractivity contribution in [2.75, 3.05) is 29.6 Å². The molecule has 1 aliphatic heterocycles. The summed E-state index contributed by atoms with van der Waals surface area (Å²) >= 11 is 0. The number of nitrogens with zero attached hydrogens (tertiary/aromatic N) is 2. The van der Waals surface area contributed by atoms with Gasteiger partial charge < -0.3 is 10.2 Å². The molecule has 6 nitrogen and oxygen atoms in total. The average molecular weight is 297 g/mol. The van der Waals surface area contributed by atoms with E-state index < -0.39 is 21.0 Å². The Labute approximate surface area is 119 Å². The van der Waals surface area contributed by atoms with Gasteiger partial charge in [0.1, 0.15) is 11.1 Å². The van der Waals surface area contributed by atoms with Gasteiger partial charge in [-0.3, -0.25) is 4.79 Å². The summed E-state index contributed by atoms with van der Waals surface area (Å²) in [6.07, 6.45) is 4.95. The van der Waals surface area contributed by atoms with E-state index in [9.17, 15) is 13.2 Å². The highest BCUT2D eigenvalue weighted by molar-refractivity contribution is 7.92. The van der Waals surface area contributed by atoms with Crippen molar-refractivity contribution in [3.63, 3.8) is 0 Å². The SMILES string of the molecule is CC(C(=O)Nc1ccc(N2CCCC2)nc1)S(C)(=O)=O. The average Bonchev–Trinajstić information content (AvgIpc) is 2.91. The highest BCUT2D eigenvalue weighted by atomic mass is 32.2. The van der Waals surface area contributed by atoms with Crippen molar-refractivity contribution in [3.8, 4) is 0 Å². The standard InChI is InChI=1S/C13H19N3O3S/c1-10(20(2,18)19)13(17)15-11-5-6-12(14-9-11)16-7-3-4-8-16/h5-6,9-10H,3-4,7-8H2,1-2H3,(H,15,17). The molecule has 0 aliphatic carbocycles. The third kappa shape index (κ3) is 3.47. The van der Waals surface area contributed by atoms with Gasteiger partial charge in [-0.2, -0.15) is 0 Å². The van der Waals surface area contributed by atoms with Gasteiger partial charge in [-0.25, -0.2) is 13.4 Å². The summed E-state index contributed by atoms with van der Waals surface area (Å²) < 4.78 is 22.6. The fraction of sp³-hybridized carbons (Fsp3) is 0.538. The molecule has 0 aromatic carbocycles. The maximum atomic E-state index is 11.8. The van der Waals surface area contributed by atoms with E-state index in [1.54, 1.807) is 12.3 Å². The number of carbonyl (C=O) groups excluding carboxylic acids is 1. The zero-order valence-corrected chi connectivity index (χ0v) is 12.5. The highest BCUT2D eigenvalue weighted by Gasteiger charge is 2.23. The maximum absolute atomic E-state index is 11.8. The Hall–Kier alpha value is -1.63. The number of nitrogens with one attached hydrogen (secondary N) is 1. The van der Waals surface area contributed by atoms with Gasteiger partial charge in [0.05, 0.1) is 11.9 Å². The number of anilines is 2. The molecule has 1 aromatic heterocycles. The molecule has 20 heavy (non-hydrogen) atoms. The number of rotatable bonds is 4. The van der Waals surface area contributed by atoms with Gasteiger partial charge in [-0.15, -0.1) is 0 Å². The second kappa shape index (κ2) is 5.78. The number of amides is 1. The minimum Gasteiger partial charge on any atom is -0.357 e. The van der Waals surface area contributed by atoms with Gasteiger partial charge in [0.15, 0.2) is 9.84 Å². The second-order valence-corrected chi connectivity index (χ2v) is 7.43. The Balaban J connectivity index is 2.02. The molecule has 1 aromatic rings. The van der Waals surface area contributed by atoms with Crippen LogP contribution in [0.5, 0.6) is 0 Å². The molecule has 0 bridgehead atoms. The van der Waals surface area contributed by atoms with Crippen LogP contribution in [0.4, 0.5) is 11.5 Å². The van der Waals surface area contributed by atoms with Crippen molar-refractivity contribution in [2.45, 2.75) is 25.0 Å². The zero-order chi connectivity index (χ0) is 14.8. The normalized spacial score (nSPS) is 17.0. The summed E-state index contributed by atoms with van der Waals surface area (Å²) in [7, 11) is -3.38. The lowest BCUT2D eigenvalue weighted by Gasteiger charge is -2.16. The van der Waals surface area contributed by atoms with Crippen molar-refractivity contribution >= 4 is 27.2 Å². The number of carbonyl (C=O) groups is 1. The fourth-order valence-electron chi connectivity index (χ4n) is 2.03. The molecule has 1 amide bonds. The summed E-state index contributed by atoms with van der Waals surface area (Å²) in [6.45, 7) is 3.38. The van der Waals surface area contributed by atoms with E-state index in [4.69, 9.17) is 0 Å². The molecule has 1 atom stereocenters. The second-order valence-electron chi connectivity index (χ2n) is 5.06. The van der Waals surface area contributed by atoms with Gasteiger partial charge in [0.25, 0.3) is 0 Å². The quantitative estimate of drug-likeness (QED) is 0.898. The summed E-state index contributed by atoms with van der Waals surface area (Å²) in [5.74, 6) is 0.347. The molecule has 0 radical (unpaired) electrons. The van der Waals surface area contributed by atoms with E-state index >= 15 is 0 Å². The minimum absolute atomic E-state index is 0.508. The first-order valence-electron chi connectivity index (χ1n) is 6.58. The minimum atomic E-state index is -3.38. The van der Waals surface area contributed by atoms with Crippen LogP contribution in [0.2, 0.25) is 0 Å². The predicted molar refractivity (Wildman–Crippen MR) is 78.6 cm³/mol. The van der Waals surface area contributed by atoms with E-state index in [0.717, 1.165) is 25.2 Å². The molecule has 7 heteroatoms. The van der Waals surface area contributed by atoms with Crippen LogP contribution >= 0.6 is 0 Å². The van der Waals surface area contributed by atoms with Crippen molar-refractivity contribution in [1.82, 2.24) is 4.98 Å². The van der Waals surface area contributed by atoms with E-state index in [2.05, 4.69) is 15.2 Å².